The van der Waals surface area contributed by atoms with Crippen LogP contribution < -0.4 is 4.40 Å². The van der Waals surface area contributed by atoms with E-state index >= 15 is 0 Å². The van der Waals surface area contributed by atoms with Crippen LogP contribution in [0.2, 0.25) is 17.3 Å². The van der Waals surface area contributed by atoms with Gasteiger partial charge in [0.2, 0.25) is 0 Å². The zero-order valence-corrected chi connectivity index (χ0v) is 36.4. The summed E-state index contributed by atoms with van der Waals surface area (Å²) in [5.74, 6) is 7.43. The number of hydrogen-bond acceptors (Lipinski definition) is 3. The fourth-order valence-corrected chi connectivity index (χ4v) is 9.09. The van der Waals surface area contributed by atoms with Crippen LogP contribution in [0.3, 0.4) is 0 Å². The number of benzene rings is 6. The minimum atomic E-state index is -1.78. The maximum absolute atomic E-state index is 6.41. The van der Waals surface area contributed by atoms with Gasteiger partial charge in [0.25, 0.3) is 0 Å². The van der Waals surface area contributed by atoms with Gasteiger partial charge in [-0.15, -0.1) is 18.2 Å². The standard InChI is InChI=1S/C31H22NO.C20H20GeN.Ir/c1-21(22-9-4-2-5-10-22)24-17-18-32-29(19-24)28-14-8-13-27-26-16-15-25(20-30(26)33-31(27)28)23-11-6-3-7-12-23;1-21(2,3)19-13-14-20(22-15-19)18-11-9-17(10-12-18)16-7-5-4-6-8-16;/h2-13,15-21H,1H3;4-11,13-15H,1-3H3;/q2*-1;. The van der Waals surface area contributed by atoms with E-state index in [4.69, 9.17) is 4.42 Å². The smallest absolute Gasteiger partial charge is 0 e. The topological polar surface area (TPSA) is 38.9 Å². The van der Waals surface area contributed by atoms with Crippen molar-refractivity contribution in [3.05, 3.63) is 199 Å². The molecule has 0 spiro atoms. The molecule has 0 amide bonds. The van der Waals surface area contributed by atoms with Crippen LogP contribution >= 0.6 is 0 Å². The fraction of sp³-hybridized carbons (Fsp3) is 0.0980. The normalized spacial score (nSPS) is 11.7. The van der Waals surface area contributed by atoms with E-state index in [1.165, 1.54) is 32.2 Å². The molecule has 1 unspecified atom stereocenters. The first kappa shape index (κ1) is 38.9. The van der Waals surface area contributed by atoms with Crippen molar-refractivity contribution in [1.29, 1.82) is 0 Å². The summed E-state index contributed by atoms with van der Waals surface area (Å²) in [4.78, 5) is 9.31. The molecule has 3 aromatic heterocycles. The Morgan fingerprint density at radius 1 is 0.571 bits per heavy atom. The van der Waals surface area contributed by atoms with Crippen LogP contribution in [0.25, 0.3) is 66.7 Å². The van der Waals surface area contributed by atoms with Gasteiger partial charge >= 0.3 is 135 Å². The third-order valence-corrected chi connectivity index (χ3v) is 14.5. The van der Waals surface area contributed by atoms with Gasteiger partial charge in [-0.3, -0.25) is 0 Å². The van der Waals surface area contributed by atoms with Gasteiger partial charge in [-0.1, -0.05) is 96.7 Å². The molecule has 9 aromatic rings. The number of furan rings is 1. The summed E-state index contributed by atoms with van der Waals surface area (Å²) in [5, 5.41) is 2.19. The predicted octanol–water partition coefficient (Wildman–Crippen LogP) is 13.0. The second kappa shape index (κ2) is 17.2. The van der Waals surface area contributed by atoms with E-state index in [1.54, 1.807) is 0 Å². The molecule has 6 aromatic carbocycles. The zero-order chi connectivity index (χ0) is 37.8. The van der Waals surface area contributed by atoms with Gasteiger partial charge in [0, 0.05) is 37.6 Å². The first-order valence-corrected chi connectivity index (χ1v) is 26.1. The van der Waals surface area contributed by atoms with E-state index in [9.17, 15) is 0 Å². The Morgan fingerprint density at radius 3 is 1.89 bits per heavy atom. The Morgan fingerprint density at radius 2 is 1.25 bits per heavy atom. The molecule has 0 bridgehead atoms. The predicted molar refractivity (Wildman–Crippen MR) is 232 cm³/mol. The number of hydrogen-bond donors (Lipinski definition) is 0. The van der Waals surface area contributed by atoms with Crippen molar-refractivity contribution in [3.63, 3.8) is 0 Å². The molecule has 0 aliphatic heterocycles. The molecule has 277 valence electrons. The Labute approximate surface area is 346 Å². The molecule has 5 heteroatoms. The largest absolute Gasteiger partial charge is 0 e. The van der Waals surface area contributed by atoms with Gasteiger partial charge in [-0.2, -0.15) is 0 Å². The molecule has 0 aliphatic carbocycles. The molecule has 0 N–H and O–H groups in total. The Balaban J connectivity index is 0.000000183. The van der Waals surface area contributed by atoms with Crippen LogP contribution in [-0.2, 0) is 20.1 Å². The maximum Gasteiger partial charge on any atom is 0 e. The Kier molecular flexibility index (Phi) is 11.9. The third kappa shape index (κ3) is 8.54. The first-order chi connectivity index (χ1) is 26.8. The summed E-state index contributed by atoms with van der Waals surface area (Å²) in [6, 6.07) is 63.4. The molecule has 3 heterocycles. The minimum Gasteiger partial charge on any atom is 0 e. The van der Waals surface area contributed by atoms with Crippen LogP contribution in [0, 0.1) is 12.1 Å². The molecule has 9 rings (SSSR count). The van der Waals surface area contributed by atoms with Crippen LogP contribution in [0.1, 0.15) is 24.0 Å². The molecule has 0 aliphatic rings. The second-order valence-electron chi connectivity index (χ2n) is 14.9. The van der Waals surface area contributed by atoms with E-state index in [2.05, 4.69) is 186 Å². The zero-order valence-electron chi connectivity index (χ0n) is 32.0. The summed E-state index contributed by atoms with van der Waals surface area (Å²) in [6.07, 6.45) is 3.93. The van der Waals surface area contributed by atoms with Crippen molar-refractivity contribution >= 4 is 39.6 Å². The van der Waals surface area contributed by atoms with Gasteiger partial charge in [-0.25, -0.2) is 0 Å². The van der Waals surface area contributed by atoms with Gasteiger partial charge in [0.05, 0.1) is 5.58 Å². The Bertz CT molecular complexity index is 2670. The minimum absolute atomic E-state index is 0. The molecule has 0 saturated carbocycles. The summed E-state index contributed by atoms with van der Waals surface area (Å²) in [5.41, 5.74) is 12.8. The Hall–Kier alpha value is -5.39. The molecular weight excluding hydrogens is 921 g/mol. The first-order valence-electron chi connectivity index (χ1n) is 18.8. The number of pyridine rings is 2. The van der Waals surface area contributed by atoms with Crippen molar-refractivity contribution in [3.8, 4) is 44.8 Å². The average molecular weight is 964 g/mol. The molecule has 3 nitrogen and oxygen atoms in total. The van der Waals surface area contributed by atoms with Crippen molar-refractivity contribution in [2.75, 3.05) is 0 Å². The van der Waals surface area contributed by atoms with Gasteiger partial charge in [0.15, 0.2) is 0 Å². The van der Waals surface area contributed by atoms with Crippen molar-refractivity contribution in [2.24, 2.45) is 0 Å². The summed E-state index contributed by atoms with van der Waals surface area (Å²) >= 11 is -1.78. The number of nitrogens with zero attached hydrogens (tertiary/aromatic N) is 2. The van der Waals surface area contributed by atoms with Gasteiger partial charge in [-0.05, 0) is 40.1 Å². The summed E-state index contributed by atoms with van der Waals surface area (Å²) < 4.78 is 7.85. The fourth-order valence-electron chi connectivity index (χ4n) is 6.92. The van der Waals surface area contributed by atoms with Crippen LogP contribution in [-0.4, -0.2) is 23.2 Å². The van der Waals surface area contributed by atoms with E-state index in [0.717, 1.165) is 50.0 Å². The quantitative estimate of drug-likeness (QED) is 0.118. The molecule has 1 radical (unpaired) electrons. The SMILES string of the molecule is CC(c1ccccc1)c1ccnc(-c2[c-]ccc3c2oc2cc(-c4ccccc4)ccc23)c1.[CH3][Ge]([CH3])([CH3])[c]1ccc(-c2[c-]cc(-c3ccccc3)cc2)nc1.[Ir]. The maximum atomic E-state index is 6.41. The second-order valence-corrected chi connectivity index (χ2v) is 25.6. The van der Waals surface area contributed by atoms with Crippen molar-refractivity contribution < 1.29 is 24.5 Å². The number of rotatable bonds is 7. The van der Waals surface area contributed by atoms with Gasteiger partial charge < -0.3 is 9.40 Å². The molecule has 0 fully saturated rings. The van der Waals surface area contributed by atoms with E-state index in [0.29, 0.717) is 0 Å². The van der Waals surface area contributed by atoms with Crippen molar-refractivity contribution in [2.45, 2.75) is 30.1 Å². The third-order valence-electron chi connectivity index (χ3n) is 10.2. The molecule has 1 atom stereocenters. The number of aromatic nitrogens is 2. The molecular formula is C51H42GeIrN2O-2. The average Bonchev–Trinajstić information content (AvgIpc) is 3.63. The van der Waals surface area contributed by atoms with Crippen LogP contribution in [0.15, 0.2) is 181 Å². The van der Waals surface area contributed by atoms with Crippen molar-refractivity contribution in [1.82, 2.24) is 9.97 Å². The van der Waals surface area contributed by atoms with Crippen LogP contribution in [0.4, 0.5) is 0 Å². The number of fused-ring (bicyclic) bond motifs is 3. The van der Waals surface area contributed by atoms with E-state index in [1.807, 2.05) is 36.7 Å². The van der Waals surface area contributed by atoms with Crippen LogP contribution in [0.5, 0.6) is 0 Å². The molecule has 56 heavy (non-hydrogen) atoms. The van der Waals surface area contributed by atoms with E-state index in [-0.39, 0.29) is 26.0 Å². The summed E-state index contributed by atoms with van der Waals surface area (Å²) in [7, 11) is 0. The van der Waals surface area contributed by atoms with Gasteiger partial charge in [0.1, 0.15) is 5.58 Å². The monoisotopic (exact) mass is 965 g/mol. The van der Waals surface area contributed by atoms with E-state index < -0.39 is 13.3 Å². The molecule has 0 saturated heterocycles. The summed E-state index contributed by atoms with van der Waals surface area (Å²) in [6.45, 7) is 2.23.